The highest BCUT2D eigenvalue weighted by Gasteiger charge is 2.54. The number of likely N-dealkylation sites (tertiary alicyclic amines) is 1. The van der Waals surface area contributed by atoms with Crippen LogP contribution in [-0.4, -0.2) is 68.6 Å². The van der Waals surface area contributed by atoms with Crippen molar-refractivity contribution in [2.24, 2.45) is 0 Å². The van der Waals surface area contributed by atoms with Gasteiger partial charge in [-0.25, -0.2) is 9.59 Å². The van der Waals surface area contributed by atoms with Crippen LogP contribution in [0.5, 0.6) is 0 Å². The van der Waals surface area contributed by atoms with Crippen LogP contribution in [0, 0.1) is 0 Å². The quantitative estimate of drug-likeness (QED) is 0.257. The molecule has 2 aromatic rings. The van der Waals surface area contributed by atoms with Crippen molar-refractivity contribution in [3.05, 3.63) is 71.8 Å². The number of esters is 1. The van der Waals surface area contributed by atoms with E-state index in [9.17, 15) is 9.59 Å². The van der Waals surface area contributed by atoms with E-state index in [0.29, 0.717) is 12.1 Å². The summed E-state index contributed by atoms with van der Waals surface area (Å²) in [5, 5.41) is -0.0232. The van der Waals surface area contributed by atoms with Crippen LogP contribution in [0.25, 0.3) is 0 Å². The average molecular weight is 584 g/mol. The lowest BCUT2D eigenvalue weighted by atomic mass is 9.92. The van der Waals surface area contributed by atoms with Gasteiger partial charge in [-0.2, -0.15) is 0 Å². The van der Waals surface area contributed by atoms with E-state index >= 15 is 0 Å². The molecule has 0 N–H and O–H groups in total. The Morgan fingerprint density at radius 2 is 1.61 bits per heavy atom. The van der Waals surface area contributed by atoms with Crippen LogP contribution in [0.2, 0.25) is 18.1 Å². The Labute approximate surface area is 245 Å². The Morgan fingerprint density at radius 3 is 2.24 bits per heavy atom. The SMILES string of the molecule is CC1(C)O[C@@H]([C@H]2[C@H](O[Si](C)(C)C(C)(C)C)CCCN2C(=O)OCc2ccccc2)[C@@H](COC(=O)c2ccccc2)O1. The van der Waals surface area contributed by atoms with Crippen LogP contribution in [0.15, 0.2) is 60.7 Å². The van der Waals surface area contributed by atoms with Crippen LogP contribution in [0.4, 0.5) is 4.79 Å². The number of amides is 1. The van der Waals surface area contributed by atoms with Gasteiger partial charge in [0.2, 0.25) is 0 Å². The fraction of sp³-hybridized carbons (Fsp3) is 0.562. The Bertz CT molecular complexity index is 1170. The third-order valence-corrected chi connectivity index (χ3v) is 12.8. The molecular weight excluding hydrogens is 538 g/mol. The van der Waals surface area contributed by atoms with Gasteiger partial charge in [0, 0.05) is 6.54 Å². The van der Waals surface area contributed by atoms with Crippen molar-refractivity contribution in [2.45, 2.75) is 102 Å². The summed E-state index contributed by atoms with van der Waals surface area (Å²) in [5.74, 6) is -1.37. The summed E-state index contributed by atoms with van der Waals surface area (Å²) in [6, 6.07) is 18.0. The van der Waals surface area contributed by atoms with Crippen LogP contribution in [0.1, 0.15) is 63.4 Å². The maximum Gasteiger partial charge on any atom is 0.410 e. The molecule has 2 aromatic carbocycles. The number of carbonyl (C=O) groups excluding carboxylic acids is 2. The molecule has 41 heavy (non-hydrogen) atoms. The highest BCUT2D eigenvalue weighted by atomic mass is 28.4. The maximum atomic E-state index is 13.6. The first-order chi connectivity index (χ1) is 19.3. The van der Waals surface area contributed by atoms with Gasteiger partial charge in [-0.1, -0.05) is 69.3 Å². The number of piperidine rings is 1. The minimum absolute atomic E-state index is 0.0158. The molecule has 9 heteroatoms. The topological polar surface area (TPSA) is 83.5 Å². The molecule has 2 aliphatic heterocycles. The summed E-state index contributed by atoms with van der Waals surface area (Å²) < 4.78 is 31.2. The number of hydrogen-bond donors (Lipinski definition) is 0. The number of benzene rings is 2. The van der Waals surface area contributed by atoms with E-state index in [1.54, 1.807) is 29.2 Å². The van der Waals surface area contributed by atoms with E-state index in [2.05, 4.69) is 33.9 Å². The van der Waals surface area contributed by atoms with Gasteiger partial charge in [0.25, 0.3) is 0 Å². The number of hydrogen-bond acceptors (Lipinski definition) is 7. The molecule has 0 bridgehead atoms. The largest absolute Gasteiger partial charge is 0.459 e. The van der Waals surface area contributed by atoms with Gasteiger partial charge in [0.1, 0.15) is 25.4 Å². The molecule has 8 nitrogen and oxygen atoms in total. The normalized spacial score (nSPS) is 24.6. The third kappa shape index (κ3) is 7.77. The second-order valence-corrected chi connectivity index (χ2v) is 17.6. The molecule has 0 aromatic heterocycles. The van der Waals surface area contributed by atoms with Gasteiger partial charge in [0.05, 0.1) is 17.7 Å². The molecule has 4 atom stereocenters. The number of rotatable bonds is 8. The maximum absolute atomic E-state index is 13.6. The van der Waals surface area contributed by atoms with E-state index in [1.165, 1.54) is 0 Å². The minimum Gasteiger partial charge on any atom is -0.459 e. The van der Waals surface area contributed by atoms with E-state index in [-0.39, 0.29) is 24.4 Å². The molecule has 2 heterocycles. The molecule has 0 unspecified atom stereocenters. The molecule has 2 aliphatic rings. The van der Waals surface area contributed by atoms with Gasteiger partial charge in [-0.05, 0) is 62.5 Å². The van der Waals surface area contributed by atoms with Crippen LogP contribution < -0.4 is 0 Å². The van der Waals surface area contributed by atoms with Crippen molar-refractivity contribution in [3.63, 3.8) is 0 Å². The second-order valence-electron chi connectivity index (χ2n) is 12.9. The Hall–Kier alpha value is -2.72. The minimum atomic E-state index is -2.22. The van der Waals surface area contributed by atoms with E-state index < -0.39 is 44.4 Å². The number of carbonyl (C=O) groups is 2. The van der Waals surface area contributed by atoms with E-state index in [1.807, 2.05) is 50.2 Å². The van der Waals surface area contributed by atoms with Crippen molar-refractivity contribution in [1.29, 1.82) is 0 Å². The Balaban J connectivity index is 1.60. The lowest BCUT2D eigenvalue weighted by Crippen LogP contribution is -2.62. The molecule has 0 aliphatic carbocycles. The second kappa shape index (κ2) is 12.6. The lowest BCUT2D eigenvalue weighted by molar-refractivity contribution is -0.158. The standard InChI is InChI=1S/C32H45NO7Si/c1-31(2,3)41(6,7)40-25-19-14-20-33(30(35)37-21-23-15-10-8-11-16-23)27(25)28-26(38-32(4,5)39-28)22-36-29(34)24-17-12-9-13-18-24/h8-13,15-18,25-28H,14,19-22H2,1-7H3/t25-,26-,27-,28-/m1/s1. The van der Waals surface area contributed by atoms with Crippen molar-refractivity contribution < 1.29 is 33.0 Å². The van der Waals surface area contributed by atoms with Crippen LogP contribution >= 0.6 is 0 Å². The average Bonchev–Trinajstić information content (AvgIpc) is 3.24. The zero-order valence-corrected chi connectivity index (χ0v) is 26.4. The summed E-state index contributed by atoms with van der Waals surface area (Å²) in [5.41, 5.74) is 1.38. The summed E-state index contributed by atoms with van der Waals surface area (Å²) in [4.78, 5) is 28.2. The van der Waals surface area contributed by atoms with Crippen LogP contribution in [0.3, 0.4) is 0 Å². The highest BCUT2D eigenvalue weighted by molar-refractivity contribution is 6.74. The predicted molar refractivity (Wildman–Crippen MR) is 159 cm³/mol. The lowest BCUT2D eigenvalue weighted by Gasteiger charge is -2.48. The summed E-state index contributed by atoms with van der Waals surface area (Å²) in [6.07, 6.45) is -0.347. The molecule has 0 radical (unpaired) electrons. The van der Waals surface area contributed by atoms with E-state index in [0.717, 1.165) is 18.4 Å². The fourth-order valence-electron chi connectivity index (χ4n) is 5.17. The van der Waals surface area contributed by atoms with Crippen molar-refractivity contribution in [3.8, 4) is 0 Å². The van der Waals surface area contributed by atoms with Gasteiger partial charge in [-0.15, -0.1) is 0 Å². The molecule has 224 valence electrons. The summed E-state index contributed by atoms with van der Waals surface area (Å²) in [6.45, 7) is 15.4. The monoisotopic (exact) mass is 583 g/mol. The first kappa shape index (κ1) is 31.2. The van der Waals surface area contributed by atoms with E-state index in [4.69, 9.17) is 23.4 Å². The zero-order chi connectivity index (χ0) is 29.8. The van der Waals surface area contributed by atoms with Gasteiger partial charge < -0.3 is 23.4 Å². The first-order valence-corrected chi connectivity index (χ1v) is 17.4. The van der Waals surface area contributed by atoms with Crippen molar-refractivity contribution in [1.82, 2.24) is 4.90 Å². The van der Waals surface area contributed by atoms with Gasteiger partial charge >= 0.3 is 12.1 Å². The first-order valence-electron chi connectivity index (χ1n) is 14.5. The molecular formula is C32H45NO7Si. The van der Waals surface area contributed by atoms with Gasteiger partial charge in [0.15, 0.2) is 14.1 Å². The smallest absolute Gasteiger partial charge is 0.410 e. The number of nitrogens with zero attached hydrogens (tertiary/aromatic N) is 1. The predicted octanol–water partition coefficient (Wildman–Crippen LogP) is 6.56. The molecule has 0 saturated carbocycles. The highest BCUT2D eigenvalue weighted by Crippen LogP contribution is 2.42. The van der Waals surface area contributed by atoms with Gasteiger partial charge in [-0.3, -0.25) is 4.90 Å². The summed E-state index contributed by atoms with van der Waals surface area (Å²) in [7, 11) is -2.22. The molecule has 2 saturated heterocycles. The number of ether oxygens (including phenoxy) is 4. The molecule has 2 fully saturated rings. The fourth-order valence-corrected chi connectivity index (χ4v) is 6.54. The Morgan fingerprint density at radius 1 is 0.976 bits per heavy atom. The van der Waals surface area contributed by atoms with Crippen molar-refractivity contribution in [2.75, 3.05) is 13.2 Å². The zero-order valence-electron chi connectivity index (χ0n) is 25.4. The molecule has 0 spiro atoms. The Kier molecular flexibility index (Phi) is 9.63. The van der Waals surface area contributed by atoms with Crippen molar-refractivity contribution >= 4 is 20.4 Å². The summed E-state index contributed by atoms with van der Waals surface area (Å²) >= 11 is 0. The van der Waals surface area contributed by atoms with Crippen LogP contribution in [-0.2, 0) is 30.0 Å². The molecule has 4 rings (SSSR count). The third-order valence-electron chi connectivity index (χ3n) is 8.27. The molecule has 1 amide bonds.